The van der Waals surface area contributed by atoms with E-state index in [4.69, 9.17) is 0 Å². The molecular formula is C25H22N2O3. The Kier molecular flexibility index (Phi) is 3.61. The van der Waals surface area contributed by atoms with Crippen molar-refractivity contribution in [3.63, 3.8) is 0 Å². The number of hydrogen-bond acceptors (Lipinski definition) is 3. The number of nitrogens with zero attached hydrogens (tertiary/aromatic N) is 1. The first-order chi connectivity index (χ1) is 14.5. The van der Waals surface area contributed by atoms with Crippen LogP contribution in [0.4, 0.5) is 11.4 Å². The smallest absolute Gasteiger partial charge is 0.255 e. The number of nitrogens with one attached hydrogen (secondary N) is 1. The van der Waals surface area contributed by atoms with Crippen molar-refractivity contribution >= 4 is 29.1 Å². The molecular weight excluding hydrogens is 376 g/mol. The van der Waals surface area contributed by atoms with Crippen molar-refractivity contribution in [2.75, 3.05) is 10.2 Å². The summed E-state index contributed by atoms with van der Waals surface area (Å²) < 4.78 is 0. The molecule has 2 bridgehead atoms. The summed E-state index contributed by atoms with van der Waals surface area (Å²) in [6, 6.07) is 14.4. The minimum Gasteiger partial charge on any atom is -0.322 e. The Morgan fingerprint density at radius 2 is 1.50 bits per heavy atom. The van der Waals surface area contributed by atoms with Crippen LogP contribution in [-0.4, -0.2) is 17.7 Å². The summed E-state index contributed by atoms with van der Waals surface area (Å²) in [4.78, 5) is 40.3. The Morgan fingerprint density at radius 1 is 0.900 bits per heavy atom. The molecule has 3 fully saturated rings. The summed E-state index contributed by atoms with van der Waals surface area (Å²) >= 11 is 0. The zero-order valence-corrected chi connectivity index (χ0v) is 16.6. The SMILES string of the molecule is Cc1ccccc1NC(=O)c1ccc(N2C(=O)[C@@H]3[C@H]4C=C[C@@H]([C@@H]5C[C@H]45)[C@@H]3C2=O)cc1. The highest BCUT2D eigenvalue weighted by molar-refractivity contribution is 6.22. The predicted molar refractivity (Wildman–Crippen MR) is 113 cm³/mol. The number of rotatable bonds is 3. The quantitative estimate of drug-likeness (QED) is 0.632. The van der Waals surface area contributed by atoms with Gasteiger partial charge in [0.15, 0.2) is 0 Å². The van der Waals surface area contributed by atoms with Crippen LogP contribution in [0.25, 0.3) is 0 Å². The molecule has 5 aliphatic rings. The van der Waals surface area contributed by atoms with E-state index in [-0.39, 0.29) is 41.4 Å². The second-order valence-corrected chi connectivity index (χ2v) is 8.98. The average Bonchev–Trinajstić information content (AvgIpc) is 3.53. The molecule has 1 heterocycles. The van der Waals surface area contributed by atoms with Crippen LogP contribution < -0.4 is 10.2 Å². The molecule has 7 rings (SSSR count). The molecule has 5 nitrogen and oxygen atoms in total. The summed E-state index contributed by atoms with van der Waals surface area (Å²) in [6.45, 7) is 1.94. The van der Waals surface area contributed by atoms with E-state index in [1.54, 1.807) is 24.3 Å². The van der Waals surface area contributed by atoms with Gasteiger partial charge < -0.3 is 5.32 Å². The molecule has 0 radical (unpaired) electrons. The van der Waals surface area contributed by atoms with Crippen LogP contribution in [0.3, 0.4) is 0 Å². The van der Waals surface area contributed by atoms with Crippen LogP contribution in [0.15, 0.2) is 60.7 Å². The van der Waals surface area contributed by atoms with Crippen molar-refractivity contribution in [3.05, 3.63) is 71.8 Å². The molecule has 150 valence electrons. The molecule has 4 aliphatic carbocycles. The van der Waals surface area contributed by atoms with E-state index < -0.39 is 0 Å². The molecule has 1 aliphatic heterocycles. The topological polar surface area (TPSA) is 66.5 Å². The number of carbonyl (C=O) groups excluding carboxylic acids is 3. The molecule has 2 saturated carbocycles. The lowest BCUT2D eigenvalue weighted by Gasteiger charge is -2.37. The molecule has 6 atom stereocenters. The van der Waals surface area contributed by atoms with Crippen molar-refractivity contribution in [2.24, 2.45) is 35.5 Å². The van der Waals surface area contributed by atoms with Gasteiger partial charge in [-0.15, -0.1) is 0 Å². The maximum atomic E-state index is 13.2. The number of hydrogen-bond donors (Lipinski definition) is 1. The van der Waals surface area contributed by atoms with Crippen LogP contribution in [0, 0.1) is 42.4 Å². The van der Waals surface area contributed by atoms with Crippen LogP contribution in [0.1, 0.15) is 22.3 Å². The summed E-state index contributed by atoms with van der Waals surface area (Å²) in [5.74, 6) is 0.817. The molecule has 0 unspecified atom stereocenters. The lowest BCUT2D eigenvalue weighted by molar-refractivity contribution is -0.124. The fourth-order valence-electron chi connectivity index (χ4n) is 5.88. The molecule has 0 spiro atoms. The Balaban J connectivity index is 1.24. The van der Waals surface area contributed by atoms with Gasteiger partial charge in [-0.05, 0) is 72.9 Å². The maximum Gasteiger partial charge on any atom is 0.255 e. The molecule has 2 aromatic carbocycles. The van der Waals surface area contributed by atoms with E-state index in [0.717, 1.165) is 17.7 Å². The minimum absolute atomic E-state index is 0.0770. The second kappa shape index (κ2) is 6.14. The van der Waals surface area contributed by atoms with E-state index in [1.165, 1.54) is 4.90 Å². The summed E-state index contributed by atoms with van der Waals surface area (Å²) in [6.07, 6.45) is 5.50. The number of carbonyl (C=O) groups is 3. The van der Waals surface area contributed by atoms with Crippen molar-refractivity contribution in [1.29, 1.82) is 0 Å². The third-order valence-corrected chi connectivity index (χ3v) is 7.44. The lowest BCUT2D eigenvalue weighted by atomic mass is 9.63. The lowest BCUT2D eigenvalue weighted by Crippen LogP contribution is -2.40. The van der Waals surface area contributed by atoms with Crippen molar-refractivity contribution < 1.29 is 14.4 Å². The highest BCUT2D eigenvalue weighted by Crippen LogP contribution is 2.65. The predicted octanol–water partition coefficient (Wildman–Crippen LogP) is 3.80. The van der Waals surface area contributed by atoms with Crippen LogP contribution >= 0.6 is 0 Å². The highest BCUT2D eigenvalue weighted by atomic mass is 16.2. The van der Waals surface area contributed by atoms with Crippen LogP contribution in [0.2, 0.25) is 0 Å². The number of benzene rings is 2. The number of amides is 3. The van der Waals surface area contributed by atoms with E-state index in [0.29, 0.717) is 23.1 Å². The van der Waals surface area contributed by atoms with Gasteiger partial charge in [-0.1, -0.05) is 30.4 Å². The zero-order chi connectivity index (χ0) is 20.6. The number of imide groups is 1. The van der Waals surface area contributed by atoms with Crippen molar-refractivity contribution in [3.8, 4) is 0 Å². The van der Waals surface area contributed by atoms with Crippen LogP contribution in [0.5, 0.6) is 0 Å². The largest absolute Gasteiger partial charge is 0.322 e. The van der Waals surface area contributed by atoms with Gasteiger partial charge in [0, 0.05) is 11.3 Å². The molecule has 5 heteroatoms. The van der Waals surface area contributed by atoms with Crippen molar-refractivity contribution in [1.82, 2.24) is 0 Å². The molecule has 3 amide bonds. The van der Waals surface area contributed by atoms with E-state index in [9.17, 15) is 14.4 Å². The fraction of sp³-hybridized carbons (Fsp3) is 0.320. The standard InChI is InChI=1S/C25H22N2O3/c1-13-4-2-3-5-20(13)26-23(28)14-6-8-15(9-7-14)27-24(29)21-16-10-11-17(19-12-18(16)19)22(21)25(27)30/h2-11,16-19,21-22H,12H2,1H3,(H,26,28)/t16-,17-,18-,19+,21-,22+/m0/s1. The minimum atomic E-state index is -0.217. The summed E-state index contributed by atoms with van der Waals surface area (Å²) in [7, 11) is 0. The molecule has 1 N–H and O–H groups in total. The maximum absolute atomic E-state index is 13.2. The van der Waals surface area contributed by atoms with Gasteiger partial charge in [0.25, 0.3) is 5.91 Å². The van der Waals surface area contributed by atoms with E-state index >= 15 is 0 Å². The molecule has 30 heavy (non-hydrogen) atoms. The summed E-state index contributed by atoms with van der Waals surface area (Å²) in [5, 5.41) is 2.91. The number of allylic oxidation sites excluding steroid dienone is 2. The monoisotopic (exact) mass is 398 g/mol. The average molecular weight is 398 g/mol. The Hall–Kier alpha value is -3.21. The van der Waals surface area contributed by atoms with Gasteiger partial charge in [0.05, 0.1) is 17.5 Å². The van der Waals surface area contributed by atoms with Gasteiger partial charge in [-0.25, -0.2) is 0 Å². The van der Waals surface area contributed by atoms with Gasteiger partial charge in [-0.2, -0.15) is 0 Å². The highest BCUT2D eigenvalue weighted by Gasteiger charge is 2.67. The second-order valence-electron chi connectivity index (χ2n) is 8.98. The summed E-state index contributed by atoms with van der Waals surface area (Å²) in [5.41, 5.74) is 2.79. The number of aryl methyl sites for hydroxylation is 1. The third-order valence-electron chi connectivity index (χ3n) is 7.44. The van der Waals surface area contributed by atoms with Gasteiger partial charge in [-0.3, -0.25) is 19.3 Å². The molecule has 0 aromatic heterocycles. The van der Waals surface area contributed by atoms with E-state index in [2.05, 4.69) is 17.5 Å². The molecule has 1 saturated heterocycles. The van der Waals surface area contributed by atoms with E-state index in [1.807, 2.05) is 31.2 Å². The van der Waals surface area contributed by atoms with Crippen LogP contribution in [-0.2, 0) is 9.59 Å². The Morgan fingerprint density at radius 3 is 2.10 bits per heavy atom. The van der Waals surface area contributed by atoms with Gasteiger partial charge in [0.1, 0.15) is 0 Å². The number of anilines is 2. The van der Waals surface area contributed by atoms with Gasteiger partial charge >= 0.3 is 0 Å². The molecule has 2 aromatic rings. The van der Waals surface area contributed by atoms with Crippen molar-refractivity contribution in [2.45, 2.75) is 13.3 Å². The Bertz CT molecular complexity index is 1080. The van der Waals surface area contributed by atoms with Gasteiger partial charge in [0.2, 0.25) is 11.8 Å². The first kappa shape index (κ1) is 17.6. The first-order valence-electron chi connectivity index (χ1n) is 10.6. The number of para-hydroxylation sites is 1. The first-order valence-corrected chi connectivity index (χ1v) is 10.6. The normalized spacial score (nSPS) is 32.8. The fourth-order valence-corrected chi connectivity index (χ4v) is 5.88. The third kappa shape index (κ3) is 2.38. The Labute approximate surface area is 174 Å². The zero-order valence-electron chi connectivity index (χ0n) is 16.6.